The molecule has 0 saturated carbocycles. The van der Waals surface area contributed by atoms with Crippen LogP contribution in [0, 0.1) is 0 Å². The molecule has 1 unspecified atom stereocenters. The summed E-state index contributed by atoms with van der Waals surface area (Å²) in [5, 5.41) is 6.76. The number of amides is 1. The van der Waals surface area contributed by atoms with Crippen molar-refractivity contribution >= 4 is 5.91 Å². The van der Waals surface area contributed by atoms with E-state index >= 15 is 0 Å². The molecular weight excluding hydrogens is 262 g/mol. The first kappa shape index (κ1) is 16.8. The number of hydrogen-bond acceptors (Lipinski definition) is 3. The predicted octanol–water partition coefficient (Wildman–Crippen LogP) is 2.29. The van der Waals surface area contributed by atoms with E-state index in [4.69, 9.17) is 0 Å². The van der Waals surface area contributed by atoms with Gasteiger partial charge in [-0.3, -0.25) is 4.79 Å². The number of rotatable bonds is 7. The second-order valence-corrected chi connectivity index (χ2v) is 6.72. The quantitative estimate of drug-likeness (QED) is 0.757. The van der Waals surface area contributed by atoms with Gasteiger partial charge in [0.25, 0.3) is 0 Å². The van der Waals surface area contributed by atoms with Crippen molar-refractivity contribution in [3.63, 3.8) is 0 Å². The van der Waals surface area contributed by atoms with Gasteiger partial charge in [-0.15, -0.1) is 0 Å². The highest BCUT2D eigenvalue weighted by Gasteiger charge is 2.21. The third kappa shape index (κ3) is 6.35. The molecule has 2 aliphatic heterocycles. The Morgan fingerprint density at radius 2 is 2.05 bits per heavy atom. The maximum absolute atomic E-state index is 12.1. The maximum atomic E-state index is 12.1. The molecule has 2 heterocycles. The van der Waals surface area contributed by atoms with E-state index in [0.29, 0.717) is 18.5 Å². The van der Waals surface area contributed by atoms with Crippen molar-refractivity contribution in [2.75, 3.05) is 26.2 Å². The van der Waals surface area contributed by atoms with Crippen LogP contribution in [0.3, 0.4) is 0 Å². The van der Waals surface area contributed by atoms with Crippen LogP contribution in [0.25, 0.3) is 0 Å². The molecule has 1 atom stereocenters. The van der Waals surface area contributed by atoms with Gasteiger partial charge in [0.1, 0.15) is 0 Å². The molecule has 122 valence electrons. The van der Waals surface area contributed by atoms with Crippen LogP contribution in [0.1, 0.15) is 64.7 Å². The lowest BCUT2D eigenvalue weighted by Crippen LogP contribution is -2.45. The molecule has 4 nitrogen and oxygen atoms in total. The van der Waals surface area contributed by atoms with Crippen molar-refractivity contribution in [1.82, 2.24) is 15.5 Å². The zero-order valence-corrected chi connectivity index (χ0v) is 13.7. The van der Waals surface area contributed by atoms with E-state index < -0.39 is 0 Å². The lowest BCUT2D eigenvalue weighted by molar-refractivity contribution is -0.122. The minimum Gasteiger partial charge on any atom is -0.353 e. The number of piperidine rings is 2. The van der Waals surface area contributed by atoms with Crippen molar-refractivity contribution < 1.29 is 4.79 Å². The molecule has 2 N–H and O–H groups in total. The van der Waals surface area contributed by atoms with E-state index in [1.165, 1.54) is 38.6 Å². The zero-order chi connectivity index (χ0) is 14.9. The van der Waals surface area contributed by atoms with Crippen LogP contribution in [-0.4, -0.2) is 49.1 Å². The average molecular weight is 295 g/mol. The number of nitrogens with one attached hydrogen (secondary N) is 2. The van der Waals surface area contributed by atoms with Gasteiger partial charge in [-0.2, -0.15) is 0 Å². The molecule has 0 radical (unpaired) electrons. The van der Waals surface area contributed by atoms with Crippen LogP contribution in [-0.2, 0) is 4.79 Å². The number of likely N-dealkylation sites (tertiary alicyclic amines) is 1. The number of hydrogen-bond donors (Lipinski definition) is 2. The Labute approximate surface area is 130 Å². The van der Waals surface area contributed by atoms with Crippen LogP contribution < -0.4 is 10.6 Å². The summed E-state index contributed by atoms with van der Waals surface area (Å²) in [7, 11) is 0. The Kier molecular flexibility index (Phi) is 7.51. The largest absolute Gasteiger partial charge is 0.353 e. The van der Waals surface area contributed by atoms with Gasteiger partial charge < -0.3 is 15.5 Å². The van der Waals surface area contributed by atoms with E-state index in [0.717, 1.165) is 38.9 Å². The van der Waals surface area contributed by atoms with Crippen LogP contribution in [0.5, 0.6) is 0 Å². The van der Waals surface area contributed by atoms with Crippen LogP contribution in [0.15, 0.2) is 0 Å². The second kappa shape index (κ2) is 9.42. The fourth-order valence-electron chi connectivity index (χ4n) is 3.46. The Balaban J connectivity index is 1.56. The van der Waals surface area contributed by atoms with Gasteiger partial charge in [-0.1, -0.05) is 19.8 Å². The van der Waals surface area contributed by atoms with E-state index in [2.05, 4.69) is 22.5 Å². The fraction of sp³-hybridized carbons (Fsp3) is 0.941. The third-order valence-corrected chi connectivity index (χ3v) is 4.91. The summed E-state index contributed by atoms with van der Waals surface area (Å²) >= 11 is 0. The van der Waals surface area contributed by atoms with E-state index in [-0.39, 0.29) is 5.91 Å². The lowest BCUT2D eigenvalue weighted by atomic mass is 10.00. The molecule has 2 aliphatic rings. The molecule has 0 aliphatic carbocycles. The van der Waals surface area contributed by atoms with Gasteiger partial charge in [0, 0.05) is 31.6 Å². The van der Waals surface area contributed by atoms with Crippen molar-refractivity contribution in [1.29, 1.82) is 0 Å². The molecule has 0 spiro atoms. The Hall–Kier alpha value is -0.610. The SMILES string of the molecule is CCCCN1CCC(NC(=O)CCC2CCCCN2)CC1. The average Bonchev–Trinajstić information content (AvgIpc) is 2.53. The van der Waals surface area contributed by atoms with Gasteiger partial charge in [-0.25, -0.2) is 0 Å². The monoisotopic (exact) mass is 295 g/mol. The van der Waals surface area contributed by atoms with Gasteiger partial charge >= 0.3 is 0 Å². The molecule has 0 aromatic heterocycles. The first-order valence-electron chi connectivity index (χ1n) is 9.03. The number of nitrogens with zero attached hydrogens (tertiary/aromatic N) is 1. The summed E-state index contributed by atoms with van der Waals surface area (Å²) in [5.41, 5.74) is 0. The molecule has 2 saturated heterocycles. The van der Waals surface area contributed by atoms with Gasteiger partial charge in [0.2, 0.25) is 5.91 Å². The summed E-state index contributed by atoms with van der Waals surface area (Å²) in [6.45, 7) is 6.89. The van der Waals surface area contributed by atoms with Crippen molar-refractivity contribution in [2.45, 2.75) is 76.8 Å². The highest BCUT2D eigenvalue weighted by Crippen LogP contribution is 2.13. The summed E-state index contributed by atoms with van der Waals surface area (Å²) in [6, 6.07) is 0.982. The molecule has 1 amide bonds. The number of carbonyl (C=O) groups excluding carboxylic acids is 1. The Morgan fingerprint density at radius 1 is 1.24 bits per heavy atom. The molecule has 0 bridgehead atoms. The Bertz CT molecular complexity index is 294. The highest BCUT2D eigenvalue weighted by atomic mass is 16.1. The molecule has 2 fully saturated rings. The smallest absolute Gasteiger partial charge is 0.220 e. The summed E-state index contributed by atoms with van der Waals surface area (Å²) < 4.78 is 0. The molecule has 2 rings (SSSR count). The van der Waals surface area contributed by atoms with E-state index in [1.807, 2.05) is 0 Å². The predicted molar refractivity (Wildman–Crippen MR) is 87.4 cm³/mol. The van der Waals surface area contributed by atoms with Crippen molar-refractivity contribution in [3.05, 3.63) is 0 Å². The maximum Gasteiger partial charge on any atom is 0.220 e. The summed E-state index contributed by atoms with van der Waals surface area (Å²) in [6.07, 6.45) is 10.3. The topological polar surface area (TPSA) is 44.4 Å². The molecule has 4 heteroatoms. The lowest BCUT2D eigenvalue weighted by Gasteiger charge is -2.32. The first-order chi connectivity index (χ1) is 10.3. The van der Waals surface area contributed by atoms with Crippen molar-refractivity contribution in [3.8, 4) is 0 Å². The number of unbranched alkanes of at least 4 members (excludes halogenated alkanes) is 1. The van der Waals surface area contributed by atoms with Crippen LogP contribution in [0.4, 0.5) is 0 Å². The fourth-order valence-corrected chi connectivity index (χ4v) is 3.46. The molecule has 21 heavy (non-hydrogen) atoms. The second-order valence-electron chi connectivity index (χ2n) is 6.72. The minimum atomic E-state index is 0.259. The molecule has 0 aromatic carbocycles. The molecular formula is C17H33N3O. The third-order valence-electron chi connectivity index (χ3n) is 4.91. The Morgan fingerprint density at radius 3 is 2.71 bits per heavy atom. The van der Waals surface area contributed by atoms with Crippen LogP contribution >= 0.6 is 0 Å². The summed E-state index contributed by atoms with van der Waals surface area (Å²) in [4.78, 5) is 14.6. The van der Waals surface area contributed by atoms with Crippen LogP contribution in [0.2, 0.25) is 0 Å². The number of carbonyl (C=O) groups is 1. The minimum absolute atomic E-state index is 0.259. The van der Waals surface area contributed by atoms with Crippen molar-refractivity contribution in [2.24, 2.45) is 0 Å². The van der Waals surface area contributed by atoms with Gasteiger partial charge in [0.15, 0.2) is 0 Å². The summed E-state index contributed by atoms with van der Waals surface area (Å²) in [5.74, 6) is 0.259. The van der Waals surface area contributed by atoms with E-state index in [9.17, 15) is 4.79 Å². The first-order valence-corrected chi connectivity index (χ1v) is 9.03. The highest BCUT2D eigenvalue weighted by molar-refractivity contribution is 5.76. The van der Waals surface area contributed by atoms with E-state index in [1.54, 1.807) is 0 Å². The van der Waals surface area contributed by atoms with Gasteiger partial charge in [0.05, 0.1) is 0 Å². The standard InChI is InChI=1S/C17H33N3O/c1-2-3-12-20-13-9-16(10-14-20)19-17(21)8-7-15-6-4-5-11-18-15/h15-16,18H,2-14H2,1H3,(H,19,21). The van der Waals surface area contributed by atoms with Gasteiger partial charge in [-0.05, 0) is 51.6 Å². The molecule has 0 aromatic rings. The normalized spacial score (nSPS) is 24.9. The zero-order valence-electron chi connectivity index (χ0n) is 13.7.